The molecule has 0 amide bonds. The molecule has 0 unspecified atom stereocenters. The van der Waals surface area contributed by atoms with Crippen LogP contribution < -0.4 is 4.90 Å². The van der Waals surface area contributed by atoms with Crippen molar-refractivity contribution in [2.24, 2.45) is 0 Å². The van der Waals surface area contributed by atoms with Crippen molar-refractivity contribution in [1.29, 1.82) is 0 Å². The second kappa shape index (κ2) is 7.50. The SMILES string of the molecule is CCCCCCCN(C)c1ccnc(Cl)c1. The van der Waals surface area contributed by atoms with Gasteiger partial charge in [0, 0.05) is 25.5 Å². The molecule has 3 heteroatoms. The summed E-state index contributed by atoms with van der Waals surface area (Å²) in [5.74, 6) is 0. The number of rotatable bonds is 7. The summed E-state index contributed by atoms with van der Waals surface area (Å²) in [7, 11) is 2.10. The minimum Gasteiger partial charge on any atom is -0.374 e. The molecule has 1 aromatic rings. The first kappa shape index (κ1) is 13.3. The van der Waals surface area contributed by atoms with Gasteiger partial charge in [0.15, 0.2) is 0 Å². The van der Waals surface area contributed by atoms with Crippen molar-refractivity contribution >= 4 is 17.3 Å². The first-order chi connectivity index (χ1) is 7.74. The van der Waals surface area contributed by atoms with Gasteiger partial charge in [0.25, 0.3) is 0 Å². The maximum atomic E-state index is 5.85. The van der Waals surface area contributed by atoms with E-state index in [2.05, 4.69) is 23.9 Å². The maximum absolute atomic E-state index is 5.85. The number of halogens is 1. The second-order valence-electron chi connectivity index (χ2n) is 4.17. The lowest BCUT2D eigenvalue weighted by molar-refractivity contribution is 0.629. The fourth-order valence-corrected chi connectivity index (χ4v) is 1.88. The minimum atomic E-state index is 0.565. The molecule has 1 rings (SSSR count). The molecular weight excluding hydrogens is 220 g/mol. The Kier molecular flexibility index (Phi) is 6.24. The lowest BCUT2D eigenvalue weighted by Gasteiger charge is -2.19. The van der Waals surface area contributed by atoms with Gasteiger partial charge >= 0.3 is 0 Å². The molecule has 0 aliphatic rings. The molecule has 0 radical (unpaired) electrons. The molecule has 16 heavy (non-hydrogen) atoms. The van der Waals surface area contributed by atoms with Gasteiger partial charge in [-0.1, -0.05) is 44.2 Å². The van der Waals surface area contributed by atoms with Crippen molar-refractivity contribution in [2.75, 3.05) is 18.5 Å². The van der Waals surface area contributed by atoms with Crippen molar-refractivity contribution in [3.8, 4) is 0 Å². The van der Waals surface area contributed by atoms with E-state index in [-0.39, 0.29) is 0 Å². The first-order valence-electron chi connectivity index (χ1n) is 6.06. The monoisotopic (exact) mass is 240 g/mol. The molecule has 0 saturated carbocycles. The van der Waals surface area contributed by atoms with Crippen LogP contribution >= 0.6 is 11.6 Å². The highest BCUT2D eigenvalue weighted by Gasteiger charge is 2.01. The van der Waals surface area contributed by atoms with Crippen LogP contribution in [0.15, 0.2) is 18.3 Å². The molecular formula is C13H21ClN2. The maximum Gasteiger partial charge on any atom is 0.131 e. The fourth-order valence-electron chi connectivity index (χ4n) is 1.71. The van der Waals surface area contributed by atoms with Gasteiger partial charge in [-0.25, -0.2) is 4.98 Å². The molecule has 0 saturated heterocycles. The summed E-state index contributed by atoms with van der Waals surface area (Å²) in [5, 5.41) is 0.565. The van der Waals surface area contributed by atoms with Crippen LogP contribution in [-0.4, -0.2) is 18.6 Å². The van der Waals surface area contributed by atoms with Crippen LogP contribution in [0.5, 0.6) is 0 Å². The molecule has 0 spiro atoms. The average molecular weight is 241 g/mol. The van der Waals surface area contributed by atoms with Crippen LogP contribution in [0.25, 0.3) is 0 Å². The van der Waals surface area contributed by atoms with Crippen molar-refractivity contribution in [3.63, 3.8) is 0 Å². The predicted octanol–water partition coefficient (Wildman–Crippen LogP) is 4.14. The summed E-state index contributed by atoms with van der Waals surface area (Å²) in [6.07, 6.45) is 8.32. The Morgan fingerprint density at radius 1 is 1.25 bits per heavy atom. The molecule has 0 aromatic carbocycles. The van der Waals surface area contributed by atoms with Crippen molar-refractivity contribution < 1.29 is 0 Å². The zero-order valence-electron chi connectivity index (χ0n) is 10.2. The Labute approximate surface area is 104 Å². The topological polar surface area (TPSA) is 16.1 Å². The lowest BCUT2D eigenvalue weighted by atomic mass is 10.1. The van der Waals surface area contributed by atoms with E-state index in [1.54, 1.807) is 6.20 Å². The Bertz CT molecular complexity index is 302. The van der Waals surface area contributed by atoms with E-state index in [0.717, 1.165) is 12.2 Å². The van der Waals surface area contributed by atoms with E-state index >= 15 is 0 Å². The van der Waals surface area contributed by atoms with Gasteiger partial charge in [-0.05, 0) is 18.6 Å². The van der Waals surface area contributed by atoms with Crippen LogP contribution in [0, 0.1) is 0 Å². The number of hydrogen-bond acceptors (Lipinski definition) is 2. The molecule has 0 atom stereocenters. The summed E-state index contributed by atoms with van der Waals surface area (Å²) >= 11 is 5.85. The molecule has 0 N–H and O–H groups in total. The summed E-state index contributed by atoms with van der Waals surface area (Å²) in [5.41, 5.74) is 1.15. The van der Waals surface area contributed by atoms with Gasteiger partial charge in [0.2, 0.25) is 0 Å². The highest BCUT2D eigenvalue weighted by molar-refractivity contribution is 6.29. The first-order valence-corrected chi connectivity index (χ1v) is 6.44. The number of unbranched alkanes of at least 4 members (excludes halogenated alkanes) is 4. The summed E-state index contributed by atoms with van der Waals surface area (Å²) in [6.45, 7) is 3.33. The van der Waals surface area contributed by atoms with Crippen LogP contribution in [0.2, 0.25) is 5.15 Å². The van der Waals surface area contributed by atoms with Crippen LogP contribution in [0.3, 0.4) is 0 Å². The Morgan fingerprint density at radius 3 is 2.69 bits per heavy atom. The van der Waals surface area contributed by atoms with E-state index in [1.807, 2.05) is 12.1 Å². The Balaban J connectivity index is 2.27. The van der Waals surface area contributed by atoms with Gasteiger partial charge < -0.3 is 4.90 Å². The third kappa shape index (κ3) is 4.84. The summed E-state index contributed by atoms with van der Waals surface area (Å²) in [6, 6.07) is 3.91. The van der Waals surface area contributed by atoms with Crippen molar-refractivity contribution in [2.45, 2.75) is 39.0 Å². The van der Waals surface area contributed by atoms with Crippen LogP contribution in [0.4, 0.5) is 5.69 Å². The molecule has 0 bridgehead atoms. The highest BCUT2D eigenvalue weighted by Crippen LogP contribution is 2.16. The second-order valence-corrected chi connectivity index (χ2v) is 4.56. The smallest absolute Gasteiger partial charge is 0.131 e. The predicted molar refractivity (Wildman–Crippen MR) is 71.3 cm³/mol. The molecule has 1 aromatic heterocycles. The number of aromatic nitrogens is 1. The average Bonchev–Trinajstić information content (AvgIpc) is 2.28. The Hall–Kier alpha value is -0.760. The van der Waals surface area contributed by atoms with Crippen LogP contribution in [-0.2, 0) is 0 Å². The van der Waals surface area contributed by atoms with Crippen molar-refractivity contribution in [3.05, 3.63) is 23.5 Å². The third-order valence-electron chi connectivity index (χ3n) is 2.75. The number of hydrogen-bond donors (Lipinski definition) is 0. The number of nitrogens with zero attached hydrogens (tertiary/aromatic N) is 2. The van der Waals surface area contributed by atoms with Gasteiger partial charge in [-0.15, -0.1) is 0 Å². The molecule has 90 valence electrons. The minimum absolute atomic E-state index is 0.565. The molecule has 2 nitrogen and oxygen atoms in total. The standard InChI is InChI=1S/C13H21ClN2/c1-3-4-5-6-7-10-16(2)12-8-9-15-13(14)11-12/h8-9,11H,3-7,10H2,1-2H3. The van der Waals surface area contributed by atoms with Gasteiger partial charge in [0.1, 0.15) is 5.15 Å². The number of anilines is 1. The van der Waals surface area contributed by atoms with Crippen molar-refractivity contribution in [1.82, 2.24) is 4.98 Å². The van der Waals surface area contributed by atoms with Gasteiger partial charge in [-0.3, -0.25) is 0 Å². The normalized spacial score (nSPS) is 10.4. The van der Waals surface area contributed by atoms with Gasteiger partial charge in [0.05, 0.1) is 0 Å². The van der Waals surface area contributed by atoms with Gasteiger partial charge in [-0.2, -0.15) is 0 Å². The van der Waals surface area contributed by atoms with Crippen LogP contribution in [0.1, 0.15) is 39.0 Å². The Morgan fingerprint density at radius 2 is 2.00 bits per heavy atom. The third-order valence-corrected chi connectivity index (χ3v) is 2.95. The van der Waals surface area contributed by atoms with E-state index < -0.39 is 0 Å². The lowest BCUT2D eigenvalue weighted by Crippen LogP contribution is -2.18. The largest absolute Gasteiger partial charge is 0.374 e. The number of pyridine rings is 1. The van der Waals surface area contributed by atoms with E-state index in [4.69, 9.17) is 11.6 Å². The quantitative estimate of drug-likeness (QED) is 0.526. The fraction of sp³-hybridized carbons (Fsp3) is 0.615. The summed E-state index contributed by atoms with van der Waals surface area (Å²) in [4.78, 5) is 6.22. The highest BCUT2D eigenvalue weighted by atomic mass is 35.5. The summed E-state index contributed by atoms with van der Waals surface area (Å²) < 4.78 is 0. The van der Waals surface area contributed by atoms with E-state index in [0.29, 0.717) is 5.15 Å². The van der Waals surface area contributed by atoms with E-state index in [9.17, 15) is 0 Å². The molecule has 0 aliphatic heterocycles. The zero-order chi connectivity index (χ0) is 11.8. The molecule has 0 aliphatic carbocycles. The molecule has 1 heterocycles. The zero-order valence-corrected chi connectivity index (χ0v) is 11.0. The van der Waals surface area contributed by atoms with E-state index in [1.165, 1.54) is 32.1 Å². The molecule has 0 fully saturated rings.